The summed E-state index contributed by atoms with van der Waals surface area (Å²) in [4.78, 5) is 20.2. The van der Waals surface area contributed by atoms with E-state index in [0.29, 0.717) is 10.6 Å². The molecular weight excluding hydrogens is 292 g/mol. The number of benzene rings is 1. The van der Waals surface area contributed by atoms with Crippen LogP contribution < -0.4 is 16.6 Å². The topological polar surface area (TPSA) is 149 Å². The summed E-state index contributed by atoms with van der Waals surface area (Å²) in [6.07, 6.45) is 0. The van der Waals surface area contributed by atoms with Crippen LogP contribution in [-0.2, 0) is 0 Å². The van der Waals surface area contributed by atoms with Gasteiger partial charge < -0.3 is 5.73 Å². The Kier molecular flexibility index (Phi) is 5.62. The second-order valence-electron chi connectivity index (χ2n) is 3.61. The molecule has 4 N–H and O–H groups in total. The third-order valence-corrected chi connectivity index (χ3v) is 2.42. The summed E-state index contributed by atoms with van der Waals surface area (Å²) < 4.78 is 0. The zero-order chi connectivity index (χ0) is 15.1. The highest BCUT2D eigenvalue weighted by molar-refractivity contribution is 6.30. The van der Waals surface area contributed by atoms with E-state index in [2.05, 4.69) is 16.0 Å². The first kappa shape index (κ1) is 15.6. The van der Waals surface area contributed by atoms with Crippen molar-refractivity contribution in [3.05, 3.63) is 55.1 Å². The molecule has 1 aromatic rings. The number of halogens is 1. The van der Waals surface area contributed by atoms with Gasteiger partial charge in [-0.2, -0.15) is 0 Å². The molecule has 0 aliphatic heterocycles. The van der Waals surface area contributed by atoms with Gasteiger partial charge in [0.1, 0.15) is 11.1 Å². The standard InChI is InChI=1S/C9H11ClN6O4/c10-7-3-1-6(2-4-7)8(5-15(17)18)12-13-9(11)14-16(19)20/h1-4,8,12H,5H2,(H3,11,13,14). The van der Waals surface area contributed by atoms with Crippen LogP contribution in [0.15, 0.2) is 29.4 Å². The molecule has 0 heterocycles. The first-order chi connectivity index (χ1) is 9.38. The fraction of sp³-hybridized carbons (Fsp3) is 0.222. The molecule has 1 unspecified atom stereocenters. The molecule has 0 aliphatic carbocycles. The Bertz CT molecular complexity index is 520. The van der Waals surface area contributed by atoms with Gasteiger partial charge in [0.05, 0.1) is 0 Å². The maximum absolute atomic E-state index is 10.6. The van der Waals surface area contributed by atoms with Crippen molar-refractivity contribution in [2.75, 3.05) is 6.54 Å². The molecule has 20 heavy (non-hydrogen) atoms. The molecule has 0 aliphatic rings. The van der Waals surface area contributed by atoms with Crippen molar-refractivity contribution in [1.82, 2.24) is 10.9 Å². The molecule has 0 bridgehead atoms. The minimum absolute atomic E-state index is 0.458. The van der Waals surface area contributed by atoms with Crippen molar-refractivity contribution in [2.45, 2.75) is 6.04 Å². The van der Waals surface area contributed by atoms with Crippen LogP contribution >= 0.6 is 11.6 Å². The van der Waals surface area contributed by atoms with Gasteiger partial charge in [0, 0.05) is 9.95 Å². The Morgan fingerprint density at radius 1 is 1.35 bits per heavy atom. The van der Waals surface area contributed by atoms with Gasteiger partial charge in [-0.25, -0.2) is 15.5 Å². The van der Waals surface area contributed by atoms with Crippen LogP contribution in [-0.4, -0.2) is 22.5 Å². The molecule has 0 aromatic heterocycles. The fourth-order valence-corrected chi connectivity index (χ4v) is 1.48. The van der Waals surface area contributed by atoms with Crippen LogP contribution in [0.1, 0.15) is 11.6 Å². The SMILES string of the molecule is NC(=N[N+](=O)[O-])NNC(C[N+](=O)[O-])c1ccc(Cl)cc1. The maximum Gasteiger partial charge on any atom is 0.280 e. The fourth-order valence-electron chi connectivity index (χ4n) is 1.35. The highest BCUT2D eigenvalue weighted by atomic mass is 35.5. The average molecular weight is 303 g/mol. The first-order valence-electron chi connectivity index (χ1n) is 5.25. The highest BCUT2D eigenvalue weighted by Gasteiger charge is 2.18. The van der Waals surface area contributed by atoms with Crippen LogP contribution in [0, 0.1) is 20.2 Å². The predicted octanol–water partition coefficient (Wildman–Crippen LogP) is 0.258. The van der Waals surface area contributed by atoms with Crippen LogP contribution in [0.4, 0.5) is 0 Å². The third-order valence-electron chi connectivity index (χ3n) is 2.17. The number of nitrogens with one attached hydrogen (secondary N) is 2. The van der Waals surface area contributed by atoms with Crippen LogP contribution in [0.5, 0.6) is 0 Å². The van der Waals surface area contributed by atoms with Crippen molar-refractivity contribution in [3.8, 4) is 0 Å². The highest BCUT2D eigenvalue weighted by Crippen LogP contribution is 2.16. The lowest BCUT2D eigenvalue weighted by Crippen LogP contribution is -2.46. The molecule has 1 aromatic carbocycles. The lowest BCUT2D eigenvalue weighted by atomic mass is 10.1. The van der Waals surface area contributed by atoms with E-state index >= 15 is 0 Å². The summed E-state index contributed by atoms with van der Waals surface area (Å²) in [5.41, 5.74) is 10.5. The van der Waals surface area contributed by atoms with Gasteiger partial charge in [0.15, 0.2) is 5.03 Å². The number of rotatable bonds is 6. The quantitative estimate of drug-likeness (QED) is 0.295. The second-order valence-corrected chi connectivity index (χ2v) is 4.05. The average Bonchev–Trinajstić information content (AvgIpc) is 2.34. The van der Waals surface area contributed by atoms with Gasteiger partial charge in [-0.05, 0) is 17.7 Å². The molecule has 0 amide bonds. The van der Waals surface area contributed by atoms with Crippen LogP contribution in [0.3, 0.4) is 0 Å². The Morgan fingerprint density at radius 3 is 2.45 bits per heavy atom. The number of nitro groups is 2. The number of hydrazone groups is 1. The number of hydrogen-bond acceptors (Lipinski definition) is 5. The zero-order valence-electron chi connectivity index (χ0n) is 10.0. The van der Waals surface area contributed by atoms with Gasteiger partial charge in [0.2, 0.25) is 6.54 Å². The number of hydrazine groups is 1. The number of guanidine groups is 1. The molecule has 0 saturated carbocycles. The van der Waals surface area contributed by atoms with E-state index in [-0.39, 0.29) is 0 Å². The van der Waals surface area contributed by atoms with E-state index in [9.17, 15) is 20.2 Å². The normalized spacial score (nSPS) is 12.8. The molecule has 0 saturated heterocycles. The third kappa shape index (κ3) is 5.46. The smallest absolute Gasteiger partial charge is 0.280 e. The monoisotopic (exact) mass is 302 g/mol. The second kappa shape index (κ2) is 7.21. The summed E-state index contributed by atoms with van der Waals surface area (Å²) in [6, 6.07) is 5.56. The number of nitrogens with zero attached hydrogens (tertiary/aromatic N) is 3. The lowest BCUT2D eigenvalue weighted by molar-refractivity contribution is -0.486. The van der Waals surface area contributed by atoms with Gasteiger partial charge in [-0.3, -0.25) is 15.5 Å². The molecule has 0 spiro atoms. The Hall–Kier alpha value is -2.46. The van der Waals surface area contributed by atoms with Crippen molar-refractivity contribution in [3.63, 3.8) is 0 Å². The van der Waals surface area contributed by atoms with Crippen LogP contribution in [0.25, 0.3) is 0 Å². The molecule has 10 nitrogen and oxygen atoms in total. The Balaban J connectivity index is 2.77. The van der Waals surface area contributed by atoms with Gasteiger partial charge in [0.25, 0.3) is 5.96 Å². The van der Waals surface area contributed by atoms with E-state index in [4.69, 9.17) is 17.3 Å². The van der Waals surface area contributed by atoms with E-state index in [1.807, 2.05) is 0 Å². The minimum Gasteiger partial charge on any atom is -0.364 e. The summed E-state index contributed by atoms with van der Waals surface area (Å²) in [6.45, 7) is -0.458. The molecule has 1 rings (SSSR count). The largest absolute Gasteiger partial charge is 0.364 e. The minimum atomic E-state index is -0.991. The van der Waals surface area contributed by atoms with E-state index in [0.717, 1.165) is 0 Å². The summed E-state index contributed by atoms with van der Waals surface area (Å²) in [5, 5.41) is 23.0. The van der Waals surface area contributed by atoms with Gasteiger partial charge in [-0.15, -0.1) is 0 Å². The van der Waals surface area contributed by atoms with E-state index in [1.54, 1.807) is 24.3 Å². The summed E-state index contributed by atoms with van der Waals surface area (Å²) in [7, 11) is 0. The zero-order valence-corrected chi connectivity index (χ0v) is 10.8. The van der Waals surface area contributed by atoms with Gasteiger partial charge in [-0.1, -0.05) is 23.7 Å². The van der Waals surface area contributed by atoms with E-state index < -0.39 is 28.5 Å². The van der Waals surface area contributed by atoms with Gasteiger partial charge >= 0.3 is 0 Å². The first-order valence-corrected chi connectivity index (χ1v) is 5.63. The molecule has 0 fully saturated rings. The molecule has 108 valence electrons. The Labute approximate surface area is 117 Å². The molecule has 1 atom stereocenters. The van der Waals surface area contributed by atoms with Crippen LogP contribution in [0.2, 0.25) is 5.02 Å². The molecule has 0 radical (unpaired) electrons. The molecular formula is C9H11ClN6O4. The maximum atomic E-state index is 10.6. The summed E-state index contributed by atoms with van der Waals surface area (Å²) in [5.74, 6) is -0.516. The van der Waals surface area contributed by atoms with Crippen molar-refractivity contribution in [1.29, 1.82) is 0 Å². The predicted molar refractivity (Wildman–Crippen MR) is 70.9 cm³/mol. The lowest BCUT2D eigenvalue weighted by Gasteiger charge is -2.15. The molecule has 11 heteroatoms. The van der Waals surface area contributed by atoms with Crippen molar-refractivity contribution < 1.29 is 9.96 Å². The summed E-state index contributed by atoms with van der Waals surface area (Å²) >= 11 is 5.72. The van der Waals surface area contributed by atoms with E-state index in [1.165, 1.54) is 0 Å². The number of nitrogens with two attached hydrogens (primary N) is 1. The Morgan fingerprint density at radius 2 is 1.95 bits per heavy atom. The van der Waals surface area contributed by atoms with Crippen molar-refractivity contribution >= 4 is 17.6 Å². The van der Waals surface area contributed by atoms with Crippen molar-refractivity contribution in [2.24, 2.45) is 10.8 Å². The number of hydrogen-bond donors (Lipinski definition) is 3.